The van der Waals surface area contributed by atoms with E-state index in [2.05, 4.69) is 6.58 Å². The minimum atomic E-state index is -0.491. The maximum atomic E-state index is 5.66. The Hall–Kier alpha value is -0.380. The first-order valence-electron chi connectivity index (χ1n) is 4.22. The largest absolute Gasteiger partial charge is 0.370 e. The molecule has 3 heteroatoms. The highest BCUT2D eigenvalue weighted by Gasteiger charge is 2.48. The fourth-order valence-electron chi connectivity index (χ4n) is 1.53. The van der Waals surface area contributed by atoms with Gasteiger partial charge in [-0.2, -0.15) is 0 Å². The lowest BCUT2D eigenvalue weighted by Crippen LogP contribution is -2.26. The second-order valence-electron chi connectivity index (χ2n) is 3.67. The lowest BCUT2D eigenvalue weighted by atomic mass is 10.1. The normalized spacial score (nSPS) is 44.3. The van der Waals surface area contributed by atoms with Crippen LogP contribution in [0.2, 0.25) is 0 Å². The third-order valence-electron chi connectivity index (χ3n) is 2.12. The smallest absolute Gasteiger partial charge is 0.164 e. The molecule has 68 valence electrons. The Balaban J connectivity index is 2.07. The van der Waals surface area contributed by atoms with Crippen molar-refractivity contribution in [2.45, 2.75) is 37.9 Å². The predicted octanol–water partition coefficient (Wildman–Crippen LogP) is 1.09. The van der Waals surface area contributed by atoms with Gasteiger partial charge in [0.25, 0.3) is 0 Å². The molecular formula is C9H14O3. The molecule has 2 saturated heterocycles. The first-order chi connectivity index (χ1) is 5.62. The predicted molar refractivity (Wildman–Crippen MR) is 43.8 cm³/mol. The molecule has 3 atom stereocenters. The van der Waals surface area contributed by atoms with E-state index in [9.17, 15) is 0 Å². The van der Waals surface area contributed by atoms with Gasteiger partial charge in [0.1, 0.15) is 18.3 Å². The molecule has 0 aliphatic carbocycles. The van der Waals surface area contributed by atoms with Crippen LogP contribution in [-0.4, -0.2) is 30.7 Å². The second-order valence-corrected chi connectivity index (χ2v) is 3.67. The van der Waals surface area contributed by atoms with Crippen molar-refractivity contribution in [2.75, 3.05) is 6.61 Å². The summed E-state index contributed by atoms with van der Waals surface area (Å²) in [6.45, 7) is 8.31. The number of epoxide rings is 1. The van der Waals surface area contributed by atoms with Crippen LogP contribution in [0.1, 0.15) is 13.8 Å². The van der Waals surface area contributed by atoms with Gasteiger partial charge in [0.05, 0.1) is 6.61 Å². The molecule has 0 aromatic rings. The molecule has 12 heavy (non-hydrogen) atoms. The lowest BCUT2D eigenvalue weighted by molar-refractivity contribution is -0.144. The molecule has 2 rings (SSSR count). The summed E-state index contributed by atoms with van der Waals surface area (Å²) in [4.78, 5) is 0. The number of rotatable bonds is 2. The van der Waals surface area contributed by atoms with E-state index in [1.54, 1.807) is 6.08 Å². The van der Waals surface area contributed by atoms with E-state index >= 15 is 0 Å². The Labute approximate surface area is 72.3 Å². The monoisotopic (exact) mass is 170 g/mol. The third-order valence-corrected chi connectivity index (χ3v) is 2.12. The summed E-state index contributed by atoms with van der Waals surface area (Å²) < 4.78 is 16.4. The van der Waals surface area contributed by atoms with Gasteiger partial charge in [-0.15, -0.1) is 6.58 Å². The summed E-state index contributed by atoms with van der Waals surface area (Å²) in [6.07, 6.45) is 2.01. The third kappa shape index (κ3) is 1.40. The van der Waals surface area contributed by atoms with E-state index in [0.717, 1.165) is 6.61 Å². The molecule has 0 radical (unpaired) electrons. The Kier molecular flexibility index (Phi) is 1.75. The molecule has 0 unspecified atom stereocenters. The van der Waals surface area contributed by atoms with Crippen LogP contribution >= 0.6 is 0 Å². The number of hydrogen-bond donors (Lipinski definition) is 0. The summed E-state index contributed by atoms with van der Waals surface area (Å²) in [5, 5.41) is 0. The molecule has 3 nitrogen and oxygen atoms in total. The van der Waals surface area contributed by atoms with Crippen LogP contribution in [0, 0.1) is 0 Å². The van der Waals surface area contributed by atoms with Crippen LogP contribution in [0.25, 0.3) is 0 Å². The fraction of sp³-hybridized carbons (Fsp3) is 0.778. The highest BCUT2D eigenvalue weighted by molar-refractivity contribution is 4.99. The SMILES string of the molecule is C=C[C@H]1OC(C)(C)O[C@@H]1[C@H]1CO1. The standard InChI is InChI=1S/C9H14O3/c1-4-6-8(7-5-10-7)12-9(2,3)11-6/h4,6-8H,1,5H2,2-3H3/t6-,7-,8+/m1/s1. The van der Waals surface area contributed by atoms with E-state index in [-0.39, 0.29) is 18.3 Å². The Morgan fingerprint density at radius 2 is 2.08 bits per heavy atom. The molecular weight excluding hydrogens is 156 g/mol. The molecule has 2 fully saturated rings. The van der Waals surface area contributed by atoms with E-state index in [0.29, 0.717) is 0 Å². The minimum Gasteiger partial charge on any atom is -0.370 e. The average Bonchev–Trinajstić information content (AvgIpc) is 2.76. The van der Waals surface area contributed by atoms with Crippen LogP contribution < -0.4 is 0 Å². The zero-order chi connectivity index (χ0) is 8.77. The van der Waals surface area contributed by atoms with E-state index in [1.807, 2.05) is 13.8 Å². The van der Waals surface area contributed by atoms with Gasteiger partial charge < -0.3 is 14.2 Å². The summed E-state index contributed by atoms with van der Waals surface area (Å²) in [7, 11) is 0. The first-order valence-corrected chi connectivity index (χ1v) is 4.22. The van der Waals surface area contributed by atoms with E-state index in [4.69, 9.17) is 14.2 Å². The van der Waals surface area contributed by atoms with Crippen molar-refractivity contribution in [1.82, 2.24) is 0 Å². The molecule has 2 aliphatic heterocycles. The van der Waals surface area contributed by atoms with Crippen molar-refractivity contribution in [3.63, 3.8) is 0 Å². The van der Waals surface area contributed by atoms with Crippen LogP contribution in [0.15, 0.2) is 12.7 Å². The lowest BCUT2D eigenvalue weighted by Gasteiger charge is -2.15. The maximum absolute atomic E-state index is 5.66. The first kappa shape index (κ1) is 8.23. The Bertz CT molecular complexity index is 196. The van der Waals surface area contributed by atoms with E-state index < -0.39 is 5.79 Å². The zero-order valence-corrected chi connectivity index (χ0v) is 7.45. The zero-order valence-electron chi connectivity index (χ0n) is 7.45. The second kappa shape index (κ2) is 2.55. The van der Waals surface area contributed by atoms with Crippen molar-refractivity contribution in [2.24, 2.45) is 0 Å². The van der Waals surface area contributed by atoms with E-state index in [1.165, 1.54) is 0 Å². The number of hydrogen-bond acceptors (Lipinski definition) is 3. The molecule has 2 heterocycles. The van der Waals surface area contributed by atoms with Crippen LogP contribution in [0.5, 0.6) is 0 Å². The van der Waals surface area contributed by atoms with Crippen LogP contribution in [0.4, 0.5) is 0 Å². The van der Waals surface area contributed by atoms with Crippen molar-refractivity contribution >= 4 is 0 Å². The molecule has 0 aromatic heterocycles. The molecule has 0 saturated carbocycles. The highest BCUT2D eigenvalue weighted by Crippen LogP contribution is 2.34. The van der Waals surface area contributed by atoms with Gasteiger partial charge in [-0.05, 0) is 13.8 Å². The van der Waals surface area contributed by atoms with Gasteiger partial charge in [0.2, 0.25) is 0 Å². The topological polar surface area (TPSA) is 31.0 Å². The number of ether oxygens (including phenoxy) is 3. The molecule has 0 N–H and O–H groups in total. The summed E-state index contributed by atoms with van der Waals surface area (Å²) >= 11 is 0. The van der Waals surface area contributed by atoms with Gasteiger partial charge in [-0.3, -0.25) is 0 Å². The minimum absolute atomic E-state index is 0.0208. The van der Waals surface area contributed by atoms with Crippen molar-refractivity contribution in [1.29, 1.82) is 0 Å². The Morgan fingerprint density at radius 3 is 2.58 bits per heavy atom. The summed E-state index contributed by atoms with van der Waals surface area (Å²) in [5.74, 6) is -0.491. The molecule has 2 aliphatic rings. The van der Waals surface area contributed by atoms with Crippen LogP contribution in [-0.2, 0) is 14.2 Å². The summed E-state index contributed by atoms with van der Waals surface area (Å²) in [5.41, 5.74) is 0. The summed E-state index contributed by atoms with van der Waals surface area (Å²) in [6, 6.07) is 0. The van der Waals surface area contributed by atoms with Gasteiger partial charge >= 0.3 is 0 Å². The van der Waals surface area contributed by atoms with Crippen molar-refractivity contribution in [3.05, 3.63) is 12.7 Å². The average molecular weight is 170 g/mol. The molecule has 0 bridgehead atoms. The molecule has 0 spiro atoms. The van der Waals surface area contributed by atoms with Crippen molar-refractivity contribution in [3.8, 4) is 0 Å². The quantitative estimate of drug-likeness (QED) is 0.459. The fourth-order valence-corrected chi connectivity index (χ4v) is 1.53. The maximum Gasteiger partial charge on any atom is 0.164 e. The van der Waals surface area contributed by atoms with Gasteiger partial charge in [0, 0.05) is 0 Å². The van der Waals surface area contributed by atoms with Gasteiger partial charge in [0.15, 0.2) is 5.79 Å². The highest BCUT2D eigenvalue weighted by atomic mass is 16.8. The van der Waals surface area contributed by atoms with Crippen LogP contribution in [0.3, 0.4) is 0 Å². The molecule has 0 aromatic carbocycles. The van der Waals surface area contributed by atoms with Gasteiger partial charge in [-0.1, -0.05) is 6.08 Å². The van der Waals surface area contributed by atoms with Crippen molar-refractivity contribution < 1.29 is 14.2 Å². The Morgan fingerprint density at radius 1 is 1.42 bits per heavy atom. The van der Waals surface area contributed by atoms with Gasteiger partial charge in [-0.25, -0.2) is 0 Å². The molecule has 0 amide bonds.